The van der Waals surface area contributed by atoms with Crippen molar-refractivity contribution in [3.05, 3.63) is 53.2 Å². The number of rotatable bonds is 4. The smallest absolute Gasteiger partial charge is 0.270 e. The van der Waals surface area contributed by atoms with E-state index in [9.17, 15) is 4.79 Å². The largest absolute Gasteiger partial charge is 0.497 e. The fourth-order valence-electron chi connectivity index (χ4n) is 3.93. The molecule has 0 radical (unpaired) electrons. The van der Waals surface area contributed by atoms with Crippen LogP contribution in [0.3, 0.4) is 0 Å². The molecule has 1 aliphatic rings. The van der Waals surface area contributed by atoms with E-state index in [1.165, 1.54) is 5.56 Å². The minimum absolute atomic E-state index is 0.0110. The third-order valence-corrected chi connectivity index (χ3v) is 5.51. The van der Waals surface area contributed by atoms with E-state index in [4.69, 9.17) is 14.2 Å². The van der Waals surface area contributed by atoms with Crippen LogP contribution in [0.5, 0.6) is 17.2 Å². The predicted octanol–water partition coefficient (Wildman–Crippen LogP) is 3.95. The third-order valence-electron chi connectivity index (χ3n) is 5.51. The summed E-state index contributed by atoms with van der Waals surface area (Å²) >= 11 is 0. The van der Waals surface area contributed by atoms with Gasteiger partial charge in [-0.3, -0.25) is 4.79 Å². The first-order chi connectivity index (χ1) is 13.5. The lowest BCUT2D eigenvalue weighted by atomic mass is 9.92. The molecule has 0 aliphatic carbocycles. The Kier molecular flexibility index (Phi) is 4.63. The van der Waals surface area contributed by atoms with E-state index in [1.54, 1.807) is 21.3 Å². The molecule has 4 rings (SSSR count). The molecule has 1 amide bonds. The number of fused-ring (bicyclic) bond motifs is 2. The fraction of sp³-hybridized carbons (Fsp3) is 0.318. The summed E-state index contributed by atoms with van der Waals surface area (Å²) in [4.78, 5) is 18.4. The van der Waals surface area contributed by atoms with Crippen LogP contribution in [0.4, 0.5) is 0 Å². The second-order valence-corrected chi connectivity index (χ2v) is 6.97. The van der Waals surface area contributed by atoms with E-state index in [2.05, 4.69) is 4.98 Å². The molecule has 0 saturated carbocycles. The Hall–Kier alpha value is -3.15. The molecule has 146 valence electrons. The maximum Gasteiger partial charge on any atom is 0.270 e. The molecule has 0 saturated heterocycles. The number of methoxy groups -OCH3 is 3. The second-order valence-electron chi connectivity index (χ2n) is 6.97. The van der Waals surface area contributed by atoms with Gasteiger partial charge in [0.05, 0.1) is 27.4 Å². The Labute approximate surface area is 164 Å². The summed E-state index contributed by atoms with van der Waals surface area (Å²) in [5.74, 6) is 2.15. The highest BCUT2D eigenvalue weighted by atomic mass is 16.5. The number of carbonyl (C=O) groups is 1. The van der Waals surface area contributed by atoms with E-state index >= 15 is 0 Å². The van der Waals surface area contributed by atoms with Crippen LogP contribution in [0.15, 0.2) is 36.4 Å². The minimum Gasteiger partial charge on any atom is -0.497 e. The molecule has 3 aromatic rings. The van der Waals surface area contributed by atoms with Crippen molar-refractivity contribution in [2.75, 3.05) is 27.9 Å². The SMILES string of the molecule is COc1ccc2cc(C(=O)N3CCc4cc(OC)c(OC)cc4C3C)[nH]c2c1. The maximum atomic E-state index is 13.2. The summed E-state index contributed by atoms with van der Waals surface area (Å²) in [7, 11) is 4.89. The number of nitrogens with one attached hydrogen (secondary N) is 1. The summed E-state index contributed by atoms with van der Waals surface area (Å²) in [6, 6.07) is 11.6. The summed E-state index contributed by atoms with van der Waals surface area (Å²) in [5, 5.41) is 0.987. The number of amides is 1. The number of aromatic amines is 1. The maximum absolute atomic E-state index is 13.2. The van der Waals surface area contributed by atoms with Gasteiger partial charge >= 0.3 is 0 Å². The van der Waals surface area contributed by atoms with Crippen molar-refractivity contribution in [1.29, 1.82) is 0 Å². The van der Waals surface area contributed by atoms with Gasteiger partial charge in [0.25, 0.3) is 5.91 Å². The van der Waals surface area contributed by atoms with Gasteiger partial charge in [-0.15, -0.1) is 0 Å². The normalized spacial score (nSPS) is 16.0. The first kappa shape index (κ1) is 18.2. The van der Waals surface area contributed by atoms with Crippen molar-refractivity contribution < 1.29 is 19.0 Å². The zero-order valence-corrected chi connectivity index (χ0v) is 16.5. The molecule has 1 aromatic heterocycles. The molecule has 1 N–H and O–H groups in total. The lowest BCUT2D eigenvalue weighted by Crippen LogP contribution is -2.39. The molecule has 6 nitrogen and oxygen atoms in total. The number of benzene rings is 2. The Morgan fingerprint density at radius 2 is 1.79 bits per heavy atom. The van der Waals surface area contributed by atoms with Gasteiger partial charge in [0.15, 0.2) is 11.5 Å². The molecule has 0 bridgehead atoms. The van der Waals surface area contributed by atoms with Crippen LogP contribution >= 0.6 is 0 Å². The molecular formula is C22H24N2O4. The Morgan fingerprint density at radius 1 is 1.04 bits per heavy atom. The second kappa shape index (κ2) is 7.11. The van der Waals surface area contributed by atoms with Gasteiger partial charge in [-0.1, -0.05) is 0 Å². The Bertz CT molecular complexity index is 1040. The minimum atomic E-state index is -0.0583. The molecule has 1 unspecified atom stereocenters. The number of ether oxygens (including phenoxy) is 3. The van der Waals surface area contributed by atoms with Gasteiger partial charge in [-0.2, -0.15) is 0 Å². The van der Waals surface area contributed by atoms with Gasteiger partial charge in [0.2, 0.25) is 0 Å². The number of nitrogens with zero attached hydrogens (tertiary/aromatic N) is 1. The average Bonchev–Trinajstić information content (AvgIpc) is 3.16. The van der Waals surface area contributed by atoms with Crippen molar-refractivity contribution in [3.63, 3.8) is 0 Å². The highest BCUT2D eigenvalue weighted by Gasteiger charge is 2.30. The number of hydrogen-bond acceptors (Lipinski definition) is 4. The molecule has 0 fully saturated rings. The first-order valence-corrected chi connectivity index (χ1v) is 9.28. The van der Waals surface area contributed by atoms with Crippen molar-refractivity contribution in [2.45, 2.75) is 19.4 Å². The first-order valence-electron chi connectivity index (χ1n) is 9.28. The van der Waals surface area contributed by atoms with E-state index in [0.717, 1.165) is 34.4 Å². The van der Waals surface area contributed by atoms with Crippen molar-refractivity contribution in [2.24, 2.45) is 0 Å². The van der Waals surface area contributed by atoms with Crippen LogP contribution in [0.2, 0.25) is 0 Å². The predicted molar refractivity (Wildman–Crippen MR) is 108 cm³/mol. The summed E-state index contributed by atoms with van der Waals surface area (Å²) < 4.78 is 16.1. The van der Waals surface area contributed by atoms with Crippen LogP contribution in [0.1, 0.15) is 34.6 Å². The van der Waals surface area contributed by atoms with E-state index in [1.807, 2.05) is 48.2 Å². The van der Waals surface area contributed by atoms with Gasteiger partial charge in [0, 0.05) is 23.5 Å². The Balaban J connectivity index is 1.66. The number of aromatic nitrogens is 1. The van der Waals surface area contributed by atoms with Crippen molar-refractivity contribution in [1.82, 2.24) is 9.88 Å². The molecule has 1 aliphatic heterocycles. The van der Waals surface area contributed by atoms with E-state index in [0.29, 0.717) is 18.0 Å². The molecule has 0 spiro atoms. The number of carbonyl (C=O) groups excluding carboxylic acids is 1. The lowest BCUT2D eigenvalue weighted by molar-refractivity contribution is 0.0672. The summed E-state index contributed by atoms with van der Waals surface area (Å²) in [6.07, 6.45) is 0.778. The van der Waals surface area contributed by atoms with Crippen LogP contribution in [-0.4, -0.2) is 43.7 Å². The van der Waals surface area contributed by atoms with Gasteiger partial charge in [-0.05, 0) is 54.8 Å². The fourth-order valence-corrected chi connectivity index (χ4v) is 3.93. The van der Waals surface area contributed by atoms with Crippen LogP contribution in [0.25, 0.3) is 10.9 Å². The average molecular weight is 380 g/mol. The monoisotopic (exact) mass is 380 g/mol. The zero-order valence-electron chi connectivity index (χ0n) is 16.5. The van der Waals surface area contributed by atoms with E-state index in [-0.39, 0.29) is 11.9 Å². The summed E-state index contributed by atoms with van der Waals surface area (Å²) in [6.45, 7) is 2.70. The highest BCUT2D eigenvalue weighted by Crippen LogP contribution is 2.38. The van der Waals surface area contributed by atoms with Crippen molar-refractivity contribution in [3.8, 4) is 17.2 Å². The standard InChI is InChI=1S/C22H24N2O4/c1-13-17-12-21(28-4)20(27-3)10-14(17)7-8-24(13)22(25)19-9-15-5-6-16(26-2)11-18(15)23-19/h5-6,9-13,23H,7-8H2,1-4H3. The molecule has 2 aromatic carbocycles. The van der Waals surface area contributed by atoms with Crippen LogP contribution in [-0.2, 0) is 6.42 Å². The molecule has 28 heavy (non-hydrogen) atoms. The highest BCUT2D eigenvalue weighted by molar-refractivity contribution is 5.98. The zero-order chi connectivity index (χ0) is 19.8. The Morgan fingerprint density at radius 3 is 2.50 bits per heavy atom. The molecule has 6 heteroatoms. The lowest BCUT2D eigenvalue weighted by Gasteiger charge is -2.35. The topological polar surface area (TPSA) is 63.8 Å². The summed E-state index contributed by atoms with van der Waals surface area (Å²) in [5.41, 5.74) is 3.75. The molecule has 1 atom stereocenters. The van der Waals surface area contributed by atoms with Crippen molar-refractivity contribution >= 4 is 16.8 Å². The third kappa shape index (κ3) is 2.95. The quantitative estimate of drug-likeness (QED) is 0.744. The van der Waals surface area contributed by atoms with Gasteiger partial charge in [-0.25, -0.2) is 0 Å². The van der Waals surface area contributed by atoms with Gasteiger partial charge < -0.3 is 24.1 Å². The number of H-pyrrole nitrogens is 1. The molecule has 2 heterocycles. The van der Waals surface area contributed by atoms with Crippen LogP contribution < -0.4 is 14.2 Å². The van der Waals surface area contributed by atoms with E-state index < -0.39 is 0 Å². The molecular weight excluding hydrogens is 356 g/mol. The number of hydrogen-bond donors (Lipinski definition) is 1. The van der Waals surface area contributed by atoms with Gasteiger partial charge in [0.1, 0.15) is 11.4 Å². The van der Waals surface area contributed by atoms with Crippen LogP contribution in [0, 0.1) is 0 Å².